The van der Waals surface area contributed by atoms with Gasteiger partial charge < -0.3 is 10.6 Å². The van der Waals surface area contributed by atoms with Crippen molar-refractivity contribution in [2.75, 3.05) is 11.1 Å². The number of ketones is 1. The van der Waals surface area contributed by atoms with Gasteiger partial charge in [-0.25, -0.2) is 0 Å². The second-order valence-corrected chi connectivity index (χ2v) is 9.01. The van der Waals surface area contributed by atoms with Gasteiger partial charge in [-0.05, 0) is 56.5 Å². The molecule has 0 bridgehead atoms. The fourth-order valence-electron chi connectivity index (χ4n) is 3.72. The number of Topliss-reactive ketones (excluding diaryl/α,β-unsaturated/α-hetero) is 1. The van der Waals surface area contributed by atoms with Crippen molar-refractivity contribution in [1.29, 1.82) is 5.26 Å². The average molecular weight is 466 g/mol. The molecule has 1 aliphatic rings. The Morgan fingerprint density at radius 2 is 1.88 bits per heavy atom. The van der Waals surface area contributed by atoms with Crippen LogP contribution in [0.25, 0.3) is 0 Å². The zero-order chi connectivity index (χ0) is 23.4. The van der Waals surface area contributed by atoms with Crippen LogP contribution >= 0.6 is 23.4 Å². The molecule has 1 atom stereocenters. The fourth-order valence-corrected chi connectivity index (χ4v) is 4.86. The number of hydrogen-bond donors (Lipinski definition) is 2. The maximum absolute atomic E-state index is 12.6. The monoisotopic (exact) mass is 465 g/mol. The number of carbonyl (C=O) groups is 2. The highest BCUT2D eigenvalue weighted by molar-refractivity contribution is 8.03. The van der Waals surface area contributed by atoms with Gasteiger partial charge in [0, 0.05) is 22.0 Å². The number of benzene rings is 2. The Labute approximate surface area is 197 Å². The molecule has 164 valence electrons. The number of thioether (sulfide) groups is 1. The number of nitriles is 1. The minimum absolute atomic E-state index is 0.110. The van der Waals surface area contributed by atoms with Crippen LogP contribution in [0, 0.1) is 25.2 Å². The Morgan fingerprint density at radius 3 is 2.53 bits per heavy atom. The molecule has 7 heteroatoms. The Balaban J connectivity index is 1.90. The zero-order valence-electron chi connectivity index (χ0n) is 18.4. The molecular weight excluding hydrogens is 442 g/mol. The van der Waals surface area contributed by atoms with E-state index in [4.69, 9.17) is 11.6 Å². The maximum Gasteiger partial charge on any atom is 0.234 e. The number of nitrogens with one attached hydrogen (secondary N) is 2. The number of aryl methyl sites for hydroxylation is 1. The van der Waals surface area contributed by atoms with Crippen LogP contribution in [0.5, 0.6) is 0 Å². The third-order valence-electron chi connectivity index (χ3n) is 5.47. The fraction of sp³-hybridized carbons (Fsp3) is 0.240. The van der Waals surface area contributed by atoms with E-state index in [0.29, 0.717) is 32.5 Å². The smallest absolute Gasteiger partial charge is 0.234 e. The topological polar surface area (TPSA) is 82.0 Å². The van der Waals surface area contributed by atoms with E-state index in [1.807, 2.05) is 44.2 Å². The Bertz CT molecular complexity index is 1190. The van der Waals surface area contributed by atoms with Gasteiger partial charge in [-0.1, -0.05) is 53.7 Å². The van der Waals surface area contributed by atoms with Crippen molar-refractivity contribution in [1.82, 2.24) is 5.32 Å². The first-order chi connectivity index (χ1) is 15.2. The van der Waals surface area contributed by atoms with Crippen LogP contribution in [-0.2, 0) is 9.59 Å². The van der Waals surface area contributed by atoms with Gasteiger partial charge in [-0.3, -0.25) is 9.59 Å². The summed E-state index contributed by atoms with van der Waals surface area (Å²) in [6, 6.07) is 15.2. The quantitative estimate of drug-likeness (QED) is 0.579. The molecule has 0 aromatic heterocycles. The van der Waals surface area contributed by atoms with Crippen LogP contribution in [0.15, 0.2) is 64.3 Å². The number of amides is 1. The van der Waals surface area contributed by atoms with Gasteiger partial charge in [0.1, 0.15) is 0 Å². The largest absolute Gasteiger partial charge is 0.353 e. The van der Waals surface area contributed by atoms with E-state index in [0.717, 1.165) is 16.8 Å². The summed E-state index contributed by atoms with van der Waals surface area (Å²) in [7, 11) is 0. The first-order valence-corrected chi connectivity index (χ1v) is 11.5. The highest BCUT2D eigenvalue weighted by atomic mass is 35.5. The summed E-state index contributed by atoms with van der Waals surface area (Å²) in [5, 5.41) is 17.1. The summed E-state index contributed by atoms with van der Waals surface area (Å²) in [6.45, 7) is 7.23. The molecular formula is C25H24ClN3O2S. The van der Waals surface area contributed by atoms with Gasteiger partial charge in [0.15, 0.2) is 5.78 Å². The summed E-state index contributed by atoms with van der Waals surface area (Å²) in [5.41, 5.74) is 5.10. The number of rotatable bonds is 6. The Kier molecular flexibility index (Phi) is 7.44. The minimum Gasteiger partial charge on any atom is -0.353 e. The first kappa shape index (κ1) is 23.6. The van der Waals surface area contributed by atoms with Crippen molar-refractivity contribution < 1.29 is 9.59 Å². The number of hydrogen-bond acceptors (Lipinski definition) is 5. The molecule has 3 rings (SSSR count). The molecule has 0 saturated heterocycles. The second-order valence-electron chi connectivity index (χ2n) is 7.61. The lowest BCUT2D eigenvalue weighted by atomic mass is 9.81. The molecule has 1 amide bonds. The molecule has 1 heterocycles. The van der Waals surface area contributed by atoms with Crippen LogP contribution in [0.2, 0.25) is 5.02 Å². The zero-order valence-corrected chi connectivity index (χ0v) is 19.9. The number of allylic oxidation sites excluding steroid dienone is 3. The Morgan fingerprint density at radius 1 is 1.16 bits per heavy atom. The van der Waals surface area contributed by atoms with E-state index >= 15 is 0 Å². The molecule has 2 aromatic carbocycles. The molecule has 0 radical (unpaired) electrons. The van der Waals surface area contributed by atoms with Crippen LogP contribution in [0.4, 0.5) is 5.69 Å². The van der Waals surface area contributed by atoms with Crippen LogP contribution in [0.1, 0.15) is 36.5 Å². The summed E-state index contributed by atoms with van der Waals surface area (Å²) in [6.07, 6.45) is 0. The Hall–Kier alpha value is -3.01. The van der Waals surface area contributed by atoms with Crippen molar-refractivity contribution in [3.8, 4) is 6.07 Å². The van der Waals surface area contributed by atoms with Crippen molar-refractivity contribution in [3.63, 3.8) is 0 Å². The van der Waals surface area contributed by atoms with Gasteiger partial charge in [0.25, 0.3) is 0 Å². The van der Waals surface area contributed by atoms with Crippen molar-refractivity contribution in [2.45, 2.75) is 33.6 Å². The molecule has 32 heavy (non-hydrogen) atoms. The number of nitrogens with zero attached hydrogens (tertiary/aromatic N) is 1. The molecule has 0 saturated carbocycles. The van der Waals surface area contributed by atoms with Crippen LogP contribution in [-0.4, -0.2) is 17.4 Å². The number of anilines is 1. The lowest BCUT2D eigenvalue weighted by Gasteiger charge is -2.29. The molecule has 1 aliphatic heterocycles. The molecule has 0 spiro atoms. The maximum atomic E-state index is 12.6. The van der Waals surface area contributed by atoms with E-state index in [1.165, 1.54) is 18.7 Å². The minimum atomic E-state index is -0.586. The van der Waals surface area contributed by atoms with Gasteiger partial charge in [-0.2, -0.15) is 5.26 Å². The number of carbonyl (C=O) groups excluding carboxylic acids is 2. The predicted octanol–water partition coefficient (Wildman–Crippen LogP) is 5.61. The van der Waals surface area contributed by atoms with Gasteiger partial charge in [0.05, 0.1) is 28.3 Å². The van der Waals surface area contributed by atoms with Crippen LogP contribution in [0.3, 0.4) is 0 Å². The summed E-state index contributed by atoms with van der Waals surface area (Å²) in [4.78, 5) is 25.1. The van der Waals surface area contributed by atoms with Crippen molar-refractivity contribution in [2.24, 2.45) is 0 Å². The molecule has 2 aromatic rings. The van der Waals surface area contributed by atoms with E-state index in [-0.39, 0.29) is 17.4 Å². The van der Waals surface area contributed by atoms with E-state index in [9.17, 15) is 14.9 Å². The number of dihydropyridines is 1. The first-order valence-electron chi connectivity index (χ1n) is 10.1. The molecule has 2 N–H and O–H groups in total. The van der Waals surface area contributed by atoms with Crippen molar-refractivity contribution >= 4 is 40.7 Å². The van der Waals surface area contributed by atoms with E-state index < -0.39 is 5.92 Å². The lowest BCUT2D eigenvalue weighted by Crippen LogP contribution is -2.28. The molecule has 0 aliphatic carbocycles. The van der Waals surface area contributed by atoms with Gasteiger partial charge in [-0.15, -0.1) is 0 Å². The molecule has 0 fully saturated rings. The highest BCUT2D eigenvalue weighted by Gasteiger charge is 2.34. The standard InChI is InChI=1S/C25H24ClN3O2S/c1-14-8-7-11-21(15(14)2)29-22(31)13-32-25-19(12-27)24(18-9-5-6-10-20(18)26)23(17(4)30)16(3)28-25/h5-11,24,28H,13H2,1-4H3,(H,29,31)/t24-/m1/s1. The third-order valence-corrected chi connectivity index (χ3v) is 6.83. The van der Waals surface area contributed by atoms with Crippen LogP contribution < -0.4 is 10.6 Å². The molecule has 5 nitrogen and oxygen atoms in total. The normalized spacial score (nSPS) is 15.8. The predicted molar refractivity (Wildman–Crippen MR) is 130 cm³/mol. The SMILES string of the molecule is CC(=O)C1=C(C)NC(SCC(=O)Nc2cccc(C)c2C)=C(C#N)[C@H]1c1ccccc1Cl. The van der Waals surface area contributed by atoms with Gasteiger partial charge >= 0.3 is 0 Å². The summed E-state index contributed by atoms with van der Waals surface area (Å²) in [5.74, 6) is -0.788. The third kappa shape index (κ3) is 4.90. The molecule has 0 unspecified atom stereocenters. The highest BCUT2D eigenvalue weighted by Crippen LogP contribution is 2.42. The van der Waals surface area contributed by atoms with Crippen molar-refractivity contribution in [3.05, 3.63) is 86.0 Å². The average Bonchev–Trinajstić information content (AvgIpc) is 2.75. The second kappa shape index (κ2) is 10.1. The van der Waals surface area contributed by atoms with Gasteiger partial charge in [0.2, 0.25) is 5.91 Å². The number of halogens is 1. The summed E-state index contributed by atoms with van der Waals surface area (Å²) < 4.78 is 0. The van der Waals surface area contributed by atoms with E-state index in [2.05, 4.69) is 16.7 Å². The lowest BCUT2D eigenvalue weighted by molar-refractivity contribution is -0.114. The van der Waals surface area contributed by atoms with E-state index in [1.54, 1.807) is 19.1 Å². The summed E-state index contributed by atoms with van der Waals surface area (Å²) >= 11 is 7.67.